The number of rotatable bonds is 7. The lowest BCUT2D eigenvalue weighted by Gasteiger charge is -2.07. The van der Waals surface area contributed by atoms with Crippen molar-refractivity contribution in [2.75, 3.05) is 13.1 Å². The first kappa shape index (κ1) is 18.0. The van der Waals surface area contributed by atoms with Crippen molar-refractivity contribution >= 4 is 17.6 Å². The van der Waals surface area contributed by atoms with Crippen LogP contribution < -0.4 is 10.6 Å². The quantitative estimate of drug-likeness (QED) is 0.669. The molecule has 0 radical (unpaired) electrons. The van der Waals surface area contributed by atoms with Crippen molar-refractivity contribution < 1.29 is 4.79 Å². The molecular formula is C20H21ClN4O. The summed E-state index contributed by atoms with van der Waals surface area (Å²) < 4.78 is 1.83. The van der Waals surface area contributed by atoms with Crippen LogP contribution in [0.15, 0.2) is 67.0 Å². The zero-order valence-electron chi connectivity index (χ0n) is 14.4. The van der Waals surface area contributed by atoms with E-state index >= 15 is 0 Å². The Kier molecular flexibility index (Phi) is 6.28. The van der Waals surface area contributed by atoms with Crippen molar-refractivity contribution in [3.8, 4) is 5.69 Å². The summed E-state index contributed by atoms with van der Waals surface area (Å²) >= 11 is 5.85. The summed E-state index contributed by atoms with van der Waals surface area (Å²) in [5, 5.41) is 10.8. The van der Waals surface area contributed by atoms with E-state index in [2.05, 4.69) is 15.7 Å². The first-order valence-corrected chi connectivity index (χ1v) is 8.93. The summed E-state index contributed by atoms with van der Waals surface area (Å²) in [5.41, 5.74) is 3.24. The molecule has 0 atom stereocenters. The van der Waals surface area contributed by atoms with Crippen molar-refractivity contribution in [1.29, 1.82) is 0 Å². The van der Waals surface area contributed by atoms with E-state index in [0.29, 0.717) is 13.1 Å². The summed E-state index contributed by atoms with van der Waals surface area (Å²) in [5.74, 6) is 0. The molecule has 0 saturated carbocycles. The molecule has 26 heavy (non-hydrogen) atoms. The van der Waals surface area contributed by atoms with E-state index in [9.17, 15) is 4.79 Å². The Morgan fingerprint density at radius 3 is 2.27 bits per heavy atom. The second-order valence-electron chi connectivity index (χ2n) is 5.94. The molecule has 134 valence electrons. The summed E-state index contributed by atoms with van der Waals surface area (Å²) in [6.45, 7) is 1.15. The van der Waals surface area contributed by atoms with Gasteiger partial charge < -0.3 is 10.6 Å². The molecule has 1 heterocycles. The van der Waals surface area contributed by atoms with Gasteiger partial charge in [0.05, 0.1) is 11.9 Å². The van der Waals surface area contributed by atoms with Gasteiger partial charge in [0.15, 0.2) is 0 Å². The lowest BCUT2D eigenvalue weighted by atomic mass is 10.1. The van der Waals surface area contributed by atoms with Crippen molar-refractivity contribution in [1.82, 2.24) is 20.4 Å². The van der Waals surface area contributed by atoms with Gasteiger partial charge in [-0.15, -0.1) is 0 Å². The van der Waals surface area contributed by atoms with Gasteiger partial charge in [0.2, 0.25) is 0 Å². The first-order chi connectivity index (χ1) is 12.7. The Morgan fingerprint density at radius 1 is 0.923 bits per heavy atom. The maximum absolute atomic E-state index is 11.8. The second-order valence-corrected chi connectivity index (χ2v) is 6.37. The van der Waals surface area contributed by atoms with Crippen molar-refractivity contribution in [2.45, 2.75) is 12.8 Å². The Labute approximate surface area is 158 Å². The van der Waals surface area contributed by atoms with Gasteiger partial charge in [-0.3, -0.25) is 0 Å². The van der Waals surface area contributed by atoms with Crippen LogP contribution in [-0.2, 0) is 12.8 Å². The number of amides is 2. The summed E-state index contributed by atoms with van der Waals surface area (Å²) in [7, 11) is 0. The Morgan fingerprint density at radius 2 is 1.58 bits per heavy atom. The molecule has 1 aromatic heterocycles. The number of urea groups is 1. The number of halogens is 1. The molecule has 2 amide bonds. The number of carbonyl (C=O) groups is 1. The molecule has 3 aromatic rings. The van der Waals surface area contributed by atoms with Crippen LogP contribution in [0.25, 0.3) is 5.69 Å². The summed E-state index contributed by atoms with van der Waals surface area (Å²) in [6, 6.07) is 17.4. The van der Waals surface area contributed by atoms with Gasteiger partial charge in [0, 0.05) is 24.3 Å². The fourth-order valence-corrected chi connectivity index (χ4v) is 2.69. The highest BCUT2D eigenvalue weighted by atomic mass is 35.5. The van der Waals surface area contributed by atoms with Gasteiger partial charge in [-0.05, 0) is 48.2 Å². The molecule has 5 nitrogen and oxygen atoms in total. The predicted octanol–water partition coefficient (Wildman–Crippen LogP) is 3.61. The highest BCUT2D eigenvalue weighted by molar-refractivity contribution is 6.30. The molecule has 2 aromatic carbocycles. The van der Waals surface area contributed by atoms with E-state index in [1.807, 2.05) is 71.7 Å². The number of hydrogen-bond acceptors (Lipinski definition) is 2. The first-order valence-electron chi connectivity index (χ1n) is 8.56. The highest BCUT2D eigenvalue weighted by Gasteiger charge is 2.03. The van der Waals surface area contributed by atoms with Crippen molar-refractivity contribution in [3.05, 3.63) is 83.1 Å². The molecule has 0 saturated heterocycles. The summed E-state index contributed by atoms with van der Waals surface area (Å²) in [6.07, 6.45) is 5.31. The normalized spacial score (nSPS) is 10.5. The lowest BCUT2D eigenvalue weighted by Crippen LogP contribution is -2.37. The van der Waals surface area contributed by atoms with E-state index < -0.39 is 0 Å². The van der Waals surface area contributed by atoms with Gasteiger partial charge in [-0.25, -0.2) is 9.48 Å². The monoisotopic (exact) mass is 368 g/mol. The van der Waals surface area contributed by atoms with Crippen LogP contribution in [-0.4, -0.2) is 28.9 Å². The number of nitrogens with one attached hydrogen (secondary N) is 2. The molecule has 0 unspecified atom stereocenters. The molecule has 2 N–H and O–H groups in total. The highest BCUT2D eigenvalue weighted by Crippen LogP contribution is 2.09. The second kappa shape index (κ2) is 9.06. The Bertz CT molecular complexity index is 831. The number of nitrogens with zero attached hydrogens (tertiary/aromatic N) is 2. The van der Waals surface area contributed by atoms with Crippen LogP contribution in [0, 0.1) is 0 Å². The van der Waals surface area contributed by atoms with Gasteiger partial charge in [0.1, 0.15) is 0 Å². The number of para-hydroxylation sites is 1. The van der Waals surface area contributed by atoms with E-state index in [1.165, 1.54) is 0 Å². The van der Waals surface area contributed by atoms with Crippen molar-refractivity contribution in [3.63, 3.8) is 0 Å². The standard InChI is InChI=1S/C20H21ClN4O/c21-18-8-6-16(7-9-18)10-12-22-20(26)23-13-11-17-14-24-25(15-17)19-4-2-1-3-5-19/h1-9,14-15H,10-13H2,(H2,22,23,26). The van der Waals surface area contributed by atoms with Gasteiger partial charge in [0.25, 0.3) is 0 Å². The van der Waals surface area contributed by atoms with E-state index in [-0.39, 0.29) is 6.03 Å². The van der Waals surface area contributed by atoms with Crippen molar-refractivity contribution in [2.24, 2.45) is 0 Å². The van der Waals surface area contributed by atoms with Crippen LogP contribution in [0.1, 0.15) is 11.1 Å². The molecule has 0 spiro atoms. The van der Waals surface area contributed by atoms with E-state index in [1.54, 1.807) is 0 Å². The number of hydrogen-bond donors (Lipinski definition) is 2. The van der Waals surface area contributed by atoms with E-state index in [0.717, 1.165) is 34.7 Å². The number of benzene rings is 2. The van der Waals surface area contributed by atoms with Crippen LogP contribution in [0.5, 0.6) is 0 Å². The van der Waals surface area contributed by atoms with Crippen LogP contribution in [0.3, 0.4) is 0 Å². The minimum Gasteiger partial charge on any atom is -0.338 e. The third-order valence-electron chi connectivity index (χ3n) is 3.97. The third-order valence-corrected chi connectivity index (χ3v) is 4.22. The third kappa shape index (κ3) is 5.36. The minimum absolute atomic E-state index is 0.158. The SMILES string of the molecule is O=C(NCCc1ccc(Cl)cc1)NCCc1cnn(-c2ccccc2)c1. The fraction of sp³-hybridized carbons (Fsp3) is 0.200. The summed E-state index contributed by atoms with van der Waals surface area (Å²) in [4.78, 5) is 11.8. The Balaban J connectivity index is 1.36. The van der Waals surface area contributed by atoms with Gasteiger partial charge in [-0.1, -0.05) is 41.9 Å². The molecule has 0 aliphatic heterocycles. The van der Waals surface area contributed by atoms with Crippen LogP contribution in [0.4, 0.5) is 4.79 Å². The molecular weight excluding hydrogens is 348 g/mol. The van der Waals surface area contributed by atoms with Crippen LogP contribution in [0.2, 0.25) is 5.02 Å². The molecule has 0 aliphatic carbocycles. The topological polar surface area (TPSA) is 59.0 Å². The van der Waals surface area contributed by atoms with E-state index in [4.69, 9.17) is 11.6 Å². The largest absolute Gasteiger partial charge is 0.338 e. The molecule has 0 fully saturated rings. The number of aromatic nitrogens is 2. The average Bonchev–Trinajstić information content (AvgIpc) is 3.13. The minimum atomic E-state index is -0.158. The average molecular weight is 369 g/mol. The number of carbonyl (C=O) groups excluding carboxylic acids is 1. The lowest BCUT2D eigenvalue weighted by molar-refractivity contribution is 0.241. The maximum atomic E-state index is 11.8. The predicted molar refractivity (Wildman–Crippen MR) is 104 cm³/mol. The zero-order valence-corrected chi connectivity index (χ0v) is 15.1. The zero-order chi connectivity index (χ0) is 18.2. The van der Waals surface area contributed by atoms with Crippen LogP contribution >= 0.6 is 11.6 Å². The van der Waals surface area contributed by atoms with Gasteiger partial charge in [-0.2, -0.15) is 5.10 Å². The van der Waals surface area contributed by atoms with Gasteiger partial charge >= 0.3 is 6.03 Å². The fourth-order valence-electron chi connectivity index (χ4n) is 2.57. The Hall–Kier alpha value is -2.79. The molecule has 0 bridgehead atoms. The smallest absolute Gasteiger partial charge is 0.314 e. The molecule has 0 aliphatic rings. The molecule has 3 rings (SSSR count). The molecule has 6 heteroatoms. The maximum Gasteiger partial charge on any atom is 0.314 e.